The largest absolute Gasteiger partial charge is 0.347 e. The smallest absolute Gasteiger partial charge is 0.170 e. The lowest BCUT2D eigenvalue weighted by molar-refractivity contribution is -0.118. The molecule has 0 aromatic carbocycles. The molecule has 17 heavy (non-hydrogen) atoms. The van der Waals surface area contributed by atoms with Crippen LogP contribution in [0.25, 0.3) is 0 Å². The Morgan fingerprint density at radius 3 is 3.00 bits per heavy atom. The van der Waals surface area contributed by atoms with Crippen molar-refractivity contribution in [2.75, 3.05) is 23.7 Å². The molecule has 6 heteroatoms. The molecular formula is C11H13N3O2S. The summed E-state index contributed by atoms with van der Waals surface area (Å²) in [6, 6.07) is 0. The first kappa shape index (κ1) is 10.8. The van der Waals surface area contributed by atoms with E-state index in [0.717, 1.165) is 36.7 Å². The first-order valence-electron chi connectivity index (χ1n) is 5.75. The lowest BCUT2D eigenvalue weighted by atomic mass is 10.1. The maximum atomic E-state index is 11.5. The molecule has 0 N–H and O–H groups in total. The number of aromatic nitrogens is 2. The second kappa shape index (κ2) is 4.18. The number of imidazole rings is 1. The van der Waals surface area contributed by atoms with Crippen molar-refractivity contribution >= 4 is 29.6 Å². The van der Waals surface area contributed by atoms with E-state index in [-0.39, 0.29) is 5.78 Å². The van der Waals surface area contributed by atoms with Crippen LogP contribution in [0.4, 0.5) is 5.82 Å². The number of Topliss-reactive ketones (excluding diaryl/α,β-unsaturated/α-hetero) is 1. The highest BCUT2D eigenvalue weighted by Crippen LogP contribution is 2.32. The van der Waals surface area contributed by atoms with Crippen LogP contribution in [-0.2, 0) is 11.3 Å². The van der Waals surface area contributed by atoms with Crippen molar-refractivity contribution in [3.8, 4) is 0 Å². The zero-order chi connectivity index (χ0) is 11.8. The topological polar surface area (TPSA) is 55.2 Å². The Morgan fingerprint density at radius 1 is 1.35 bits per heavy atom. The van der Waals surface area contributed by atoms with E-state index in [4.69, 9.17) is 0 Å². The van der Waals surface area contributed by atoms with Crippen molar-refractivity contribution in [3.05, 3.63) is 5.69 Å². The molecule has 3 heterocycles. The predicted molar refractivity (Wildman–Crippen MR) is 64.8 cm³/mol. The van der Waals surface area contributed by atoms with Crippen LogP contribution in [0, 0.1) is 0 Å². The van der Waals surface area contributed by atoms with Crippen molar-refractivity contribution < 1.29 is 9.59 Å². The van der Waals surface area contributed by atoms with Gasteiger partial charge in [-0.05, 0) is 6.42 Å². The van der Waals surface area contributed by atoms with E-state index in [1.54, 1.807) is 11.8 Å². The summed E-state index contributed by atoms with van der Waals surface area (Å²) < 4.78 is 1.95. The van der Waals surface area contributed by atoms with Gasteiger partial charge >= 0.3 is 0 Å². The maximum Gasteiger partial charge on any atom is 0.170 e. The summed E-state index contributed by atoms with van der Waals surface area (Å²) in [6.45, 7) is 2.04. The number of hydrogen-bond donors (Lipinski definition) is 0. The van der Waals surface area contributed by atoms with E-state index in [1.165, 1.54) is 0 Å². The Morgan fingerprint density at radius 2 is 2.24 bits per heavy atom. The first-order valence-corrected chi connectivity index (χ1v) is 6.73. The van der Waals surface area contributed by atoms with Crippen LogP contribution in [0.1, 0.15) is 23.3 Å². The second-order valence-corrected chi connectivity index (χ2v) is 5.35. The monoisotopic (exact) mass is 251 g/mol. The van der Waals surface area contributed by atoms with Crippen molar-refractivity contribution in [1.82, 2.24) is 9.55 Å². The molecule has 2 aliphatic heterocycles. The van der Waals surface area contributed by atoms with Gasteiger partial charge < -0.3 is 9.47 Å². The second-order valence-electron chi connectivity index (χ2n) is 4.28. The Bertz CT molecular complexity index is 483. The highest BCUT2D eigenvalue weighted by atomic mass is 32.2. The molecule has 0 radical (unpaired) electrons. The van der Waals surface area contributed by atoms with E-state index in [1.807, 2.05) is 9.47 Å². The number of thioether (sulfide) groups is 1. The minimum absolute atomic E-state index is 0.230. The number of carbonyl (C=O) groups is 2. The van der Waals surface area contributed by atoms with Gasteiger partial charge in [-0.2, -0.15) is 0 Å². The summed E-state index contributed by atoms with van der Waals surface area (Å²) in [7, 11) is 0. The summed E-state index contributed by atoms with van der Waals surface area (Å²) in [6.07, 6.45) is 2.36. The number of piperidine rings is 1. The van der Waals surface area contributed by atoms with Crippen molar-refractivity contribution in [3.63, 3.8) is 0 Å². The average Bonchev–Trinajstić information content (AvgIpc) is 2.88. The number of carbonyl (C=O) groups excluding carboxylic acids is 2. The van der Waals surface area contributed by atoms with Crippen molar-refractivity contribution in [1.29, 1.82) is 0 Å². The predicted octanol–water partition coefficient (Wildman–Crippen LogP) is 0.971. The third kappa shape index (κ3) is 1.76. The van der Waals surface area contributed by atoms with Gasteiger partial charge in [-0.25, -0.2) is 4.98 Å². The van der Waals surface area contributed by atoms with Crippen LogP contribution in [-0.4, -0.2) is 40.5 Å². The van der Waals surface area contributed by atoms with Crippen LogP contribution in [0.5, 0.6) is 0 Å². The van der Waals surface area contributed by atoms with Crippen LogP contribution in [0.2, 0.25) is 0 Å². The first-order chi connectivity index (χ1) is 8.29. The molecule has 1 aromatic rings. The van der Waals surface area contributed by atoms with Crippen LogP contribution < -0.4 is 4.90 Å². The quantitative estimate of drug-likeness (QED) is 0.733. The molecule has 0 bridgehead atoms. The molecule has 0 unspecified atom stereocenters. The van der Waals surface area contributed by atoms with Gasteiger partial charge in [0.1, 0.15) is 5.69 Å². The fraction of sp³-hybridized carbons (Fsp3) is 0.545. The van der Waals surface area contributed by atoms with Gasteiger partial charge in [-0.3, -0.25) is 9.59 Å². The van der Waals surface area contributed by atoms with E-state index < -0.39 is 0 Å². The van der Waals surface area contributed by atoms with Crippen LogP contribution >= 0.6 is 11.8 Å². The van der Waals surface area contributed by atoms with Crippen LogP contribution in [0.15, 0.2) is 5.16 Å². The fourth-order valence-electron chi connectivity index (χ4n) is 2.35. The van der Waals surface area contributed by atoms with Gasteiger partial charge in [-0.1, -0.05) is 11.8 Å². The highest BCUT2D eigenvalue weighted by molar-refractivity contribution is 7.99. The third-order valence-corrected chi connectivity index (χ3v) is 4.12. The van der Waals surface area contributed by atoms with E-state index >= 15 is 0 Å². The zero-order valence-corrected chi connectivity index (χ0v) is 10.2. The molecular weight excluding hydrogens is 238 g/mol. The summed E-state index contributed by atoms with van der Waals surface area (Å²) in [5.41, 5.74) is 0.625. The molecule has 90 valence electrons. The molecule has 5 nitrogen and oxygen atoms in total. The lowest BCUT2D eigenvalue weighted by Crippen LogP contribution is -2.36. The normalized spacial score (nSPS) is 19.5. The highest BCUT2D eigenvalue weighted by Gasteiger charge is 2.27. The molecule has 0 saturated carbocycles. The molecule has 1 aromatic heterocycles. The molecule has 2 aliphatic rings. The van der Waals surface area contributed by atoms with Crippen molar-refractivity contribution in [2.24, 2.45) is 0 Å². The Kier molecular flexibility index (Phi) is 2.66. The Hall–Kier alpha value is -1.30. The molecule has 1 fully saturated rings. The van der Waals surface area contributed by atoms with Crippen molar-refractivity contribution in [2.45, 2.75) is 24.5 Å². The molecule has 0 aliphatic carbocycles. The number of aldehydes is 1. The summed E-state index contributed by atoms with van der Waals surface area (Å²) in [5, 5.41) is 0.903. The molecule has 0 atom stereocenters. The molecule has 1 saturated heterocycles. The van der Waals surface area contributed by atoms with Gasteiger partial charge in [0.05, 0.1) is 6.54 Å². The Balaban J connectivity index is 1.97. The number of rotatable bonds is 2. The number of hydrogen-bond acceptors (Lipinski definition) is 5. The van der Waals surface area contributed by atoms with Gasteiger partial charge in [0.2, 0.25) is 0 Å². The van der Waals surface area contributed by atoms with Crippen LogP contribution in [0.3, 0.4) is 0 Å². The summed E-state index contributed by atoms with van der Waals surface area (Å²) >= 11 is 1.66. The third-order valence-electron chi connectivity index (χ3n) is 3.16. The number of nitrogens with zero attached hydrogens (tertiary/aromatic N) is 3. The zero-order valence-electron chi connectivity index (χ0n) is 9.39. The van der Waals surface area contributed by atoms with Gasteiger partial charge in [0, 0.05) is 25.3 Å². The molecule has 3 rings (SSSR count). The number of anilines is 1. The fourth-order valence-corrected chi connectivity index (χ4v) is 3.31. The Labute approximate surface area is 103 Å². The standard InChI is InChI=1S/C11H13N3O2S/c15-7-9-10(12-11-14(9)4-5-17-11)13-3-1-2-8(16)6-13/h7H,1-6H2. The SMILES string of the molecule is O=Cc1c(N2CCCC(=O)C2)nc2n1CCS2. The summed E-state index contributed by atoms with van der Waals surface area (Å²) in [5.74, 6) is 1.90. The van der Waals surface area contributed by atoms with E-state index in [9.17, 15) is 9.59 Å². The number of fused-ring (bicyclic) bond motifs is 1. The maximum absolute atomic E-state index is 11.5. The van der Waals surface area contributed by atoms with E-state index in [0.29, 0.717) is 24.5 Å². The summed E-state index contributed by atoms with van der Waals surface area (Å²) in [4.78, 5) is 29.1. The lowest BCUT2D eigenvalue weighted by Gasteiger charge is -2.26. The minimum atomic E-state index is 0.230. The number of ketones is 1. The van der Waals surface area contributed by atoms with Gasteiger partial charge in [0.25, 0.3) is 0 Å². The minimum Gasteiger partial charge on any atom is -0.347 e. The van der Waals surface area contributed by atoms with Gasteiger partial charge in [-0.15, -0.1) is 0 Å². The molecule has 0 spiro atoms. The molecule has 0 amide bonds. The average molecular weight is 251 g/mol. The van der Waals surface area contributed by atoms with E-state index in [2.05, 4.69) is 4.98 Å². The van der Waals surface area contributed by atoms with Gasteiger partial charge in [0.15, 0.2) is 23.0 Å².